The highest BCUT2D eigenvalue weighted by Crippen LogP contribution is 2.32. The zero-order valence-corrected chi connectivity index (χ0v) is 22.6. The van der Waals surface area contributed by atoms with Crippen LogP contribution in [-0.2, 0) is 23.9 Å². The van der Waals surface area contributed by atoms with E-state index in [-0.39, 0.29) is 57.5 Å². The normalized spacial score (nSPS) is 11.9. The molecule has 0 fully saturated rings. The molecule has 0 saturated heterocycles. The Morgan fingerprint density at radius 3 is 1.45 bits per heavy atom. The molecule has 0 radical (unpaired) electrons. The molecule has 6 nitrogen and oxygen atoms in total. The van der Waals surface area contributed by atoms with Crippen LogP contribution in [-0.4, -0.2) is 35.7 Å². The average molecular weight is 546 g/mol. The molecule has 0 aliphatic carbocycles. The number of ether oxygens (including phenoxy) is 1. The van der Waals surface area contributed by atoms with E-state index >= 15 is 0 Å². The molecule has 212 valence electrons. The molecule has 2 atom stereocenters. The Hall–Kier alpha value is -4.32. The summed E-state index contributed by atoms with van der Waals surface area (Å²) < 4.78 is 4.75. The molecule has 2 unspecified atom stereocenters. The number of carbonyl (C=O) groups is 4. The van der Waals surface area contributed by atoms with Gasteiger partial charge in [-0.05, 0) is 46.5 Å². The fourth-order valence-corrected chi connectivity index (χ4v) is 4.99. The van der Waals surface area contributed by atoms with Crippen LogP contribution in [0.15, 0.2) is 84.9 Å². The van der Waals surface area contributed by atoms with Crippen LogP contribution in [0.1, 0.15) is 71.3 Å². The van der Waals surface area contributed by atoms with Gasteiger partial charge in [0.05, 0.1) is 20.0 Å². The number of hydrogen-bond donors (Lipinski definition) is 1. The highest BCUT2D eigenvalue weighted by atomic mass is 16.5. The van der Waals surface area contributed by atoms with Crippen molar-refractivity contribution in [2.45, 2.75) is 58.8 Å². The summed E-state index contributed by atoms with van der Waals surface area (Å²) >= 11 is 0. The van der Waals surface area contributed by atoms with Crippen molar-refractivity contribution in [3.8, 4) is 0 Å². The lowest BCUT2D eigenvalue weighted by Crippen LogP contribution is -2.12. The Labute approximate surface area is 237 Å². The second-order valence-corrected chi connectivity index (χ2v) is 9.72. The summed E-state index contributed by atoms with van der Waals surface area (Å²) in [4.78, 5) is 45.4. The zero-order chi connectivity index (χ0) is 28.4. The molecule has 0 aliphatic heterocycles. The maximum atomic E-state index is 11.6. The molecular formula is C34H40O6. The quantitative estimate of drug-likeness (QED) is 0.205. The smallest absolute Gasteiger partial charge is 0.306 e. The number of aliphatic carboxylic acids is 1. The molecule has 0 saturated carbocycles. The van der Waals surface area contributed by atoms with Crippen molar-refractivity contribution in [3.63, 3.8) is 0 Å². The lowest BCUT2D eigenvalue weighted by molar-refractivity contribution is -0.141. The number of carboxylic acids is 1. The minimum absolute atomic E-state index is 0. The van der Waals surface area contributed by atoms with Gasteiger partial charge in [-0.25, -0.2) is 0 Å². The Bertz CT molecular complexity index is 1450. The van der Waals surface area contributed by atoms with Crippen LogP contribution in [0.3, 0.4) is 0 Å². The fourth-order valence-electron chi connectivity index (χ4n) is 4.99. The number of benzene rings is 4. The van der Waals surface area contributed by atoms with Gasteiger partial charge >= 0.3 is 11.9 Å². The molecule has 6 heteroatoms. The lowest BCUT2D eigenvalue weighted by atomic mass is 9.87. The van der Waals surface area contributed by atoms with Crippen molar-refractivity contribution >= 4 is 45.0 Å². The Balaban J connectivity index is 0.000000391. The third kappa shape index (κ3) is 8.87. The molecule has 4 aromatic carbocycles. The largest absolute Gasteiger partial charge is 0.481 e. The minimum Gasteiger partial charge on any atom is -0.481 e. The second-order valence-electron chi connectivity index (χ2n) is 9.72. The Morgan fingerprint density at radius 2 is 1.05 bits per heavy atom. The minimum atomic E-state index is -0.876. The third-order valence-electron chi connectivity index (χ3n) is 6.66. The number of carbonyl (C=O) groups excluding carboxylic acids is 3. The molecule has 0 heterocycles. The highest BCUT2D eigenvalue weighted by Gasteiger charge is 2.21. The van der Waals surface area contributed by atoms with Crippen LogP contribution >= 0.6 is 0 Å². The number of carboxylic acid groups (broad SMARTS) is 1. The van der Waals surface area contributed by atoms with Crippen molar-refractivity contribution < 1.29 is 30.4 Å². The fraction of sp³-hybridized carbons (Fsp3) is 0.294. The third-order valence-corrected chi connectivity index (χ3v) is 6.66. The van der Waals surface area contributed by atoms with Gasteiger partial charge in [0, 0.05) is 26.1 Å². The van der Waals surface area contributed by atoms with Crippen LogP contribution in [0.2, 0.25) is 0 Å². The molecule has 0 aliphatic rings. The zero-order valence-electron chi connectivity index (χ0n) is 22.6. The number of hydrogen-bond acceptors (Lipinski definition) is 5. The van der Waals surface area contributed by atoms with Crippen LogP contribution < -0.4 is 0 Å². The van der Waals surface area contributed by atoms with Crippen molar-refractivity contribution in [2.24, 2.45) is 0 Å². The number of rotatable bonds is 10. The summed E-state index contributed by atoms with van der Waals surface area (Å²) in [5.74, 6) is -1.47. The maximum absolute atomic E-state index is 11.6. The number of esters is 1. The summed E-state index contributed by atoms with van der Waals surface area (Å²) in [6, 6.07) is 27.6. The number of methoxy groups -OCH3 is 1. The Morgan fingerprint density at radius 1 is 0.650 bits per heavy atom. The van der Waals surface area contributed by atoms with Crippen molar-refractivity contribution in [1.29, 1.82) is 0 Å². The van der Waals surface area contributed by atoms with Gasteiger partial charge in [-0.3, -0.25) is 9.59 Å². The van der Waals surface area contributed by atoms with Crippen LogP contribution in [0.25, 0.3) is 21.5 Å². The van der Waals surface area contributed by atoms with Gasteiger partial charge in [0.2, 0.25) is 0 Å². The van der Waals surface area contributed by atoms with E-state index in [1.165, 1.54) is 14.0 Å². The van der Waals surface area contributed by atoms with Gasteiger partial charge < -0.3 is 19.4 Å². The standard InChI is InChI=1S/C17H18O3.C16H16O3.CH4.H2/c1-12(18)10-14(11-17(19)20-2)16-9-5-7-13-6-3-4-8-15(13)16;1-11(17)9-13(10-16(18)19)15-8-4-6-12-5-2-3-7-14(12)15;;/h3-9,14H,10-11H2,1-2H3;2-8,13H,9-10H2,1H3,(H,18,19);1H4;1H/i;;;1+1. The lowest BCUT2D eigenvalue weighted by Gasteiger charge is -2.17. The first-order chi connectivity index (χ1) is 18.7. The predicted molar refractivity (Wildman–Crippen MR) is 162 cm³/mol. The average Bonchev–Trinajstić information content (AvgIpc) is 2.91. The first-order valence-corrected chi connectivity index (χ1v) is 12.9. The molecule has 1 N–H and O–H groups in total. The van der Waals surface area contributed by atoms with Crippen molar-refractivity contribution in [2.75, 3.05) is 7.11 Å². The molecule has 0 bridgehead atoms. The predicted octanol–water partition coefficient (Wildman–Crippen LogP) is 7.72. The van der Waals surface area contributed by atoms with Gasteiger partial charge in [0.1, 0.15) is 11.6 Å². The van der Waals surface area contributed by atoms with Crippen LogP contribution in [0.5, 0.6) is 0 Å². The molecule has 0 amide bonds. The number of ketones is 2. The van der Waals surface area contributed by atoms with Gasteiger partial charge in [-0.1, -0.05) is 92.4 Å². The molecule has 0 spiro atoms. The van der Waals surface area contributed by atoms with Crippen LogP contribution in [0, 0.1) is 0 Å². The van der Waals surface area contributed by atoms with E-state index in [0.717, 1.165) is 32.7 Å². The number of Topliss-reactive ketones (excluding diaryl/α,β-unsaturated/α-hetero) is 2. The van der Waals surface area contributed by atoms with Gasteiger partial charge in [-0.2, -0.15) is 0 Å². The Kier molecular flexibility index (Phi) is 12.2. The van der Waals surface area contributed by atoms with Crippen LogP contribution in [0.4, 0.5) is 0 Å². The van der Waals surface area contributed by atoms with E-state index < -0.39 is 5.97 Å². The van der Waals surface area contributed by atoms with E-state index in [2.05, 4.69) is 0 Å². The molecule has 4 rings (SSSR count). The highest BCUT2D eigenvalue weighted by molar-refractivity contribution is 5.89. The molecule has 40 heavy (non-hydrogen) atoms. The molecule has 0 aromatic heterocycles. The number of fused-ring (bicyclic) bond motifs is 2. The van der Waals surface area contributed by atoms with E-state index in [1.807, 2.05) is 84.9 Å². The maximum Gasteiger partial charge on any atom is 0.306 e. The topological polar surface area (TPSA) is 97.7 Å². The van der Waals surface area contributed by atoms with Gasteiger partial charge in [-0.15, -0.1) is 0 Å². The van der Waals surface area contributed by atoms with Gasteiger partial charge in [0.15, 0.2) is 0 Å². The molecular weight excluding hydrogens is 504 g/mol. The SMILES string of the molecule is C.CC(=O)CC(CC(=O)O)c1cccc2ccccc12.COC(=O)CC(CC(C)=O)c1cccc2ccccc12.[2HH]. The monoisotopic (exact) mass is 545 g/mol. The first kappa shape index (κ1) is 31.9. The first-order valence-electron chi connectivity index (χ1n) is 12.9. The second kappa shape index (κ2) is 15.3. The van der Waals surface area contributed by atoms with E-state index in [9.17, 15) is 19.2 Å². The summed E-state index contributed by atoms with van der Waals surface area (Å²) in [5, 5.41) is 13.3. The van der Waals surface area contributed by atoms with E-state index in [4.69, 9.17) is 9.84 Å². The van der Waals surface area contributed by atoms with E-state index in [1.54, 1.807) is 6.92 Å². The molecule has 4 aromatic rings. The van der Waals surface area contributed by atoms with E-state index in [0.29, 0.717) is 6.42 Å². The summed E-state index contributed by atoms with van der Waals surface area (Å²) in [6.45, 7) is 3.05. The summed E-state index contributed by atoms with van der Waals surface area (Å²) in [6.07, 6.45) is 0.821. The van der Waals surface area contributed by atoms with Crippen molar-refractivity contribution in [3.05, 3.63) is 96.1 Å². The van der Waals surface area contributed by atoms with Crippen molar-refractivity contribution in [1.82, 2.24) is 0 Å². The van der Waals surface area contributed by atoms with Gasteiger partial charge in [0.25, 0.3) is 0 Å². The summed E-state index contributed by atoms with van der Waals surface area (Å²) in [5.41, 5.74) is 1.97. The summed E-state index contributed by atoms with van der Waals surface area (Å²) in [7, 11) is 1.37.